The Labute approximate surface area is 124 Å². The van der Waals surface area contributed by atoms with Crippen LogP contribution < -0.4 is 11.1 Å². The van der Waals surface area contributed by atoms with Crippen LogP contribution in [0, 0.1) is 5.92 Å². The molecular weight excluding hydrogens is 395 g/mol. The molecule has 0 radical (unpaired) electrons. The molecule has 0 heterocycles. The van der Waals surface area contributed by atoms with E-state index in [9.17, 15) is 13.2 Å². The Morgan fingerprint density at radius 3 is 2.58 bits per heavy atom. The molecule has 0 aliphatic heterocycles. The van der Waals surface area contributed by atoms with Crippen molar-refractivity contribution in [3.05, 3.63) is 27.1 Å². The van der Waals surface area contributed by atoms with Gasteiger partial charge in [0, 0.05) is 21.2 Å². The van der Waals surface area contributed by atoms with Gasteiger partial charge in [0.25, 0.3) is 0 Å². The number of hydrogen-bond acceptors (Lipinski definition) is 3. The van der Waals surface area contributed by atoms with Crippen molar-refractivity contribution in [1.82, 2.24) is 0 Å². The molecule has 0 saturated carbocycles. The zero-order valence-corrected chi connectivity index (χ0v) is 12.6. The summed E-state index contributed by atoms with van der Waals surface area (Å²) in [5.41, 5.74) is 5.52. The third-order valence-corrected chi connectivity index (χ3v) is 3.48. The van der Waals surface area contributed by atoms with Gasteiger partial charge in [-0.3, -0.25) is 0 Å². The van der Waals surface area contributed by atoms with E-state index >= 15 is 0 Å². The normalized spacial score (nSPS) is 14.3. The number of alkyl halides is 3. The van der Waals surface area contributed by atoms with Crippen molar-refractivity contribution in [2.45, 2.75) is 6.18 Å². The average molecular weight is 405 g/mol. The Hall–Kier alpha value is -0.960. The predicted molar refractivity (Wildman–Crippen MR) is 73.3 cm³/mol. The van der Waals surface area contributed by atoms with Gasteiger partial charge >= 0.3 is 6.18 Å². The number of hydrogen-bond donors (Lipinski definition) is 3. The van der Waals surface area contributed by atoms with E-state index in [0.717, 1.165) is 0 Å². The van der Waals surface area contributed by atoms with Crippen LogP contribution in [0.3, 0.4) is 0 Å². The first-order chi connectivity index (χ1) is 8.75. The highest BCUT2D eigenvalue weighted by Gasteiger charge is 2.42. The summed E-state index contributed by atoms with van der Waals surface area (Å²) in [6, 6.07) is 5.03. The lowest BCUT2D eigenvalue weighted by atomic mass is 10.1. The van der Waals surface area contributed by atoms with Gasteiger partial charge in [-0.15, -0.1) is 0 Å². The largest absolute Gasteiger partial charge is 0.409 e. The smallest absolute Gasteiger partial charge is 0.400 e. The number of nitrogens with zero attached hydrogens (tertiary/aromatic N) is 1. The van der Waals surface area contributed by atoms with Gasteiger partial charge in [-0.25, -0.2) is 0 Å². The molecule has 0 saturated heterocycles. The molecule has 9 heteroatoms. The maximum Gasteiger partial charge on any atom is 0.400 e. The van der Waals surface area contributed by atoms with Gasteiger partial charge < -0.3 is 16.3 Å². The fraction of sp³-hybridized carbons (Fsp3) is 0.300. The van der Waals surface area contributed by atoms with Gasteiger partial charge in [-0.05, 0) is 34.1 Å². The Balaban J connectivity index is 2.85. The van der Waals surface area contributed by atoms with Crippen molar-refractivity contribution in [2.24, 2.45) is 16.8 Å². The van der Waals surface area contributed by atoms with E-state index in [4.69, 9.17) is 10.9 Å². The Morgan fingerprint density at radius 1 is 1.42 bits per heavy atom. The molecule has 0 amide bonds. The lowest BCUT2D eigenvalue weighted by molar-refractivity contribution is -0.152. The topological polar surface area (TPSA) is 70.6 Å². The minimum absolute atomic E-state index is 0.467. The van der Waals surface area contributed by atoms with Gasteiger partial charge in [0.2, 0.25) is 0 Å². The summed E-state index contributed by atoms with van der Waals surface area (Å²) >= 11 is 6.42. The Bertz CT molecular complexity index is 480. The van der Waals surface area contributed by atoms with Crippen LogP contribution in [-0.2, 0) is 0 Å². The molecule has 0 aliphatic rings. The molecule has 1 atom stereocenters. The number of nitrogens with one attached hydrogen (secondary N) is 1. The van der Waals surface area contributed by atoms with Crippen molar-refractivity contribution in [3.8, 4) is 0 Å². The number of oxime groups is 1. The van der Waals surface area contributed by atoms with Crippen molar-refractivity contribution >= 4 is 43.4 Å². The van der Waals surface area contributed by atoms with Crippen LogP contribution in [0.1, 0.15) is 0 Å². The predicted octanol–water partition coefficient (Wildman–Crippen LogP) is 3.55. The van der Waals surface area contributed by atoms with Gasteiger partial charge in [0.15, 0.2) is 5.84 Å². The van der Waals surface area contributed by atoms with E-state index in [1.807, 2.05) is 0 Å². The summed E-state index contributed by atoms with van der Waals surface area (Å²) in [6.07, 6.45) is -4.60. The lowest BCUT2D eigenvalue weighted by Crippen LogP contribution is -2.40. The van der Waals surface area contributed by atoms with Crippen LogP contribution in [0.5, 0.6) is 0 Å². The maximum atomic E-state index is 12.7. The van der Waals surface area contributed by atoms with E-state index in [2.05, 4.69) is 42.3 Å². The van der Waals surface area contributed by atoms with Crippen molar-refractivity contribution in [2.75, 3.05) is 11.9 Å². The van der Waals surface area contributed by atoms with Crippen LogP contribution in [0.15, 0.2) is 32.3 Å². The molecule has 1 aromatic carbocycles. The number of rotatable bonds is 4. The molecule has 1 aromatic rings. The highest BCUT2D eigenvalue weighted by Crippen LogP contribution is 2.30. The molecule has 1 rings (SSSR count). The molecule has 0 aliphatic carbocycles. The minimum atomic E-state index is -4.60. The van der Waals surface area contributed by atoms with Crippen LogP contribution in [0.2, 0.25) is 0 Å². The highest BCUT2D eigenvalue weighted by molar-refractivity contribution is 9.11. The molecule has 1 unspecified atom stereocenters. The standard InChI is InChI=1S/C10H10Br2F3N3O/c11-5-1-2-7(12)8(3-5)17-4-6(9(16)18-19)10(13,14)15/h1-3,6,17,19H,4H2,(H2,16,18). The average Bonchev–Trinajstić information content (AvgIpc) is 2.31. The minimum Gasteiger partial charge on any atom is -0.409 e. The van der Waals surface area contributed by atoms with Gasteiger partial charge in [0.1, 0.15) is 5.92 Å². The second-order valence-electron chi connectivity index (χ2n) is 3.62. The van der Waals surface area contributed by atoms with Crippen LogP contribution in [-0.4, -0.2) is 23.8 Å². The van der Waals surface area contributed by atoms with E-state index in [1.54, 1.807) is 18.2 Å². The molecule has 4 N–H and O–H groups in total. The van der Waals surface area contributed by atoms with E-state index in [1.165, 1.54) is 0 Å². The summed E-state index contributed by atoms with van der Waals surface area (Å²) < 4.78 is 39.4. The number of halogens is 5. The van der Waals surface area contributed by atoms with Gasteiger partial charge in [-0.2, -0.15) is 13.2 Å². The van der Waals surface area contributed by atoms with Crippen LogP contribution in [0.25, 0.3) is 0 Å². The molecule has 4 nitrogen and oxygen atoms in total. The summed E-state index contributed by atoms with van der Waals surface area (Å²) in [5.74, 6) is -2.95. The first-order valence-corrected chi connectivity index (χ1v) is 6.57. The third kappa shape index (κ3) is 4.57. The molecule has 0 aromatic heterocycles. The quantitative estimate of drug-likeness (QED) is 0.311. The second-order valence-corrected chi connectivity index (χ2v) is 5.39. The zero-order valence-electron chi connectivity index (χ0n) is 9.38. The van der Waals surface area contributed by atoms with Crippen molar-refractivity contribution in [1.29, 1.82) is 0 Å². The maximum absolute atomic E-state index is 12.7. The first-order valence-electron chi connectivity index (χ1n) is 4.98. The zero-order chi connectivity index (χ0) is 14.6. The summed E-state index contributed by atoms with van der Waals surface area (Å²) in [4.78, 5) is 0. The van der Waals surface area contributed by atoms with E-state index in [-0.39, 0.29) is 0 Å². The number of amidine groups is 1. The summed E-state index contributed by atoms with van der Waals surface area (Å²) in [7, 11) is 0. The Kier molecular flexibility index (Phi) is 5.48. The van der Waals surface area contributed by atoms with E-state index in [0.29, 0.717) is 14.6 Å². The fourth-order valence-electron chi connectivity index (χ4n) is 1.30. The lowest BCUT2D eigenvalue weighted by Gasteiger charge is -2.20. The molecule has 0 spiro atoms. The first kappa shape index (κ1) is 16.1. The molecule has 106 valence electrons. The van der Waals surface area contributed by atoms with E-state index < -0.39 is 24.5 Å². The monoisotopic (exact) mass is 403 g/mol. The number of nitrogens with two attached hydrogens (primary N) is 1. The van der Waals surface area contributed by atoms with Gasteiger partial charge in [-0.1, -0.05) is 21.1 Å². The Morgan fingerprint density at radius 2 is 2.05 bits per heavy atom. The van der Waals surface area contributed by atoms with Crippen LogP contribution >= 0.6 is 31.9 Å². The van der Waals surface area contributed by atoms with Gasteiger partial charge in [0.05, 0.1) is 0 Å². The molecule has 0 bridgehead atoms. The molecule has 19 heavy (non-hydrogen) atoms. The molecular formula is C10H10Br2F3N3O. The van der Waals surface area contributed by atoms with Crippen molar-refractivity contribution < 1.29 is 18.4 Å². The SMILES string of the molecule is N/C(=N/O)C(CNc1cc(Br)ccc1Br)C(F)(F)F. The van der Waals surface area contributed by atoms with Crippen LogP contribution in [0.4, 0.5) is 18.9 Å². The third-order valence-electron chi connectivity index (χ3n) is 2.29. The number of anilines is 1. The van der Waals surface area contributed by atoms with Crippen molar-refractivity contribution in [3.63, 3.8) is 0 Å². The summed E-state index contributed by atoms with van der Waals surface area (Å²) in [6.45, 7) is -0.533. The molecule has 0 fully saturated rings. The highest BCUT2D eigenvalue weighted by atomic mass is 79.9. The number of benzene rings is 1. The fourth-order valence-corrected chi connectivity index (χ4v) is 2.05. The second kappa shape index (κ2) is 6.47. The summed E-state index contributed by atoms with van der Waals surface area (Å²) in [5, 5.41) is 13.4.